The zero-order valence-corrected chi connectivity index (χ0v) is 9.10. The highest BCUT2D eigenvalue weighted by molar-refractivity contribution is 5.83. The fourth-order valence-corrected chi connectivity index (χ4v) is 1.58. The van der Waals surface area contributed by atoms with Crippen molar-refractivity contribution in [1.29, 1.82) is 0 Å². The first-order valence-corrected chi connectivity index (χ1v) is 4.97. The molecule has 0 saturated carbocycles. The van der Waals surface area contributed by atoms with E-state index < -0.39 is 17.9 Å². The van der Waals surface area contributed by atoms with Crippen LogP contribution in [0.1, 0.15) is 18.5 Å². The van der Waals surface area contributed by atoms with Gasteiger partial charge < -0.3 is 19.9 Å². The molecule has 6 nitrogen and oxygen atoms in total. The Morgan fingerprint density at radius 2 is 2.06 bits per heavy atom. The molecule has 17 heavy (non-hydrogen) atoms. The van der Waals surface area contributed by atoms with Gasteiger partial charge in [-0.3, -0.25) is 4.79 Å². The topological polar surface area (TPSA) is 84.9 Å². The van der Waals surface area contributed by atoms with Gasteiger partial charge in [0, 0.05) is 6.92 Å². The molecule has 0 aromatic heterocycles. The summed E-state index contributed by atoms with van der Waals surface area (Å²) in [7, 11) is 0. The first-order valence-electron chi connectivity index (χ1n) is 4.97. The molecule has 2 N–H and O–H groups in total. The third-order valence-corrected chi connectivity index (χ3v) is 2.32. The molecule has 1 aliphatic rings. The van der Waals surface area contributed by atoms with Crippen LogP contribution in [0.2, 0.25) is 0 Å². The van der Waals surface area contributed by atoms with E-state index in [-0.39, 0.29) is 6.79 Å². The van der Waals surface area contributed by atoms with Crippen LogP contribution in [0.15, 0.2) is 18.2 Å². The summed E-state index contributed by atoms with van der Waals surface area (Å²) < 4.78 is 10.3. The number of nitrogens with one attached hydrogen (secondary N) is 1. The predicted molar refractivity (Wildman–Crippen MR) is 56.8 cm³/mol. The van der Waals surface area contributed by atoms with Crippen LogP contribution in [-0.2, 0) is 9.59 Å². The van der Waals surface area contributed by atoms with Gasteiger partial charge in [-0.05, 0) is 17.7 Å². The number of carbonyl (C=O) groups excluding carboxylic acids is 1. The number of carboxylic acid groups (broad SMARTS) is 1. The number of carbonyl (C=O) groups is 2. The Labute approximate surface area is 97.1 Å². The van der Waals surface area contributed by atoms with Crippen molar-refractivity contribution in [1.82, 2.24) is 5.32 Å². The SMILES string of the molecule is CC(=O)N[C@@H](C(=O)O)c1ccc2c(c1)OCO2. The zero-order valence-electron chi connectivity index (χ0n) is 9.10. The quantitative estimate of drug-likeness (QED) is 0.807. The average molecular weight is 237 g/mol. The van der Waals surface area contributed by atoms with E-state index in [0.717, 1.165) is 0 Å². The Morgan fingerprint density at radius 1 is 1.35 bits per heavy atom. The number of hydrogen-bond acceptors (Lipinski definition) is 4. The maximum atomic E-state index is 11.0. The normalized spacial score (nSPS) is 14.2. The highest BCUT2D eigenvalue weighted by Gasteiger charge is 2.23. The van der Waals surface area contributed by atoms with E-state index in [0.29, 0.717) is 17.1 Å². The molecule has 90 valence electrons. The first kappa shape index (κ1) is 11.3. The summed E-state index contributed by atoms with van der Waals surface area (Å²) in [5.41, 5.74) is 0.442. The first-order chi connectivity index (χ1) is 8.08. The minimum atomic E-state index is -1.13. The second-order valence-electron chi connectivity index (χ2n) is 3.58. The van der Waals surface area contributed by atoms with Crippen LogP contribution >= 0.6 is 0 Å². The van der Waals surface area contributed by atoms with Crippen molar-refractivity contribution >= 4 is 11.9 Å². The van der Waals surface area contributed by atoms with E-state index >= 15 is 0 Å². The summed E-state index contributed by atoms with van der Waals surface area (Å²) in [6, 6.07) is 3.68. The van der Waals surface area contributed by atoms with Crippen molar-refractivity contribution in [2.75, 3.05) is 6.79 Å². The van der Waals surface area contributed by atoms with E-state index in [1.807, 2.05) is 0 Å². The maximum absolute atomic E-state index is 11.0. The Kier molecular flexibility index (Phi) is 2.86. The lowest BCUT2D eigenvalue weighted by Crippen LogP contribution is -2.31. The monoisotopic (exact) mass is 237 g/mol. The molecule has 1 aliphatic heterocycles. The van der Waals surface area contributed by atoms with E-state index in [1.165, 1.54) is 6.92 Å². The Hall–Kier alpha value is -2.24. The van der Waals surface area contributed by atoms with Crippen LogP contribution < -0.4 is 14.8 Å². The van der Waals surface area contributed by atoms with Crippen molar-refractivity contribution in [2.45, 2.75) is 13.0 Å². The van der Waals surface area contributed by atoms with E-state index in [9.17, 15) is 9.59 Å². The molecule has 1 aromatic rings. The van der Waals surface area contributed by atoms with Crippen molar-refractivity contribution in [2.24, 2.45) is 0 Å². The minimum absolute atomic E-state index is 0.122. The van der Waals surface area contributed by atoms with Crippen LogP contribution in [-0.4, -0.2) is 23.8 Å². The second-order valence-corrected chi connectivity index (χ2v) is 3.58. The molecule has 0 fully saturated rings. The summed E-state index contributed by atoms with van der Waals surface area (Å²) in [6.45, 7) is 1.39. The van der Waals surface area contributed by atoms with E-state index in [4.69, 9.17) is 14.6 Å². The Balaban J connectivity index is 2.30. The van der Waals surface area contributed by atoms with Crippen LogP contribution in [0, 0.1) is 0 Å². The number of hydrogen-bond donors (Lipinski definition) is 2. The molecule has 0 unspecified atom stereocenters. The fourth-order valence-electron chi connectivity index (χ4n) is 1.58. The number of benzene rings is 1. The van der Waals surface area contributed by atoms with Gasteiger partial charge >= 0.3 is 5.97 Å². The van der Waals surface area contributed by atoms with Crippen molar-refractivity contribution in [3.8, 4) is 11.5 Å². The van der Waals surface area contributed by atoms with Gasteiger partial charge in [-0.15, -0.1) is 0 Å². The summed E-state index contributed by atoms with van der Waals surface area (Å²) in [5.74, 6) is -0.478. The molecule has 0 aliphatic carbocycles. The second kappa shape index (κ2) is 4.32. The third kappa shape index (κ3) is 2.30. The van der Waals surface area contributed by atoms with E-state index in [2.05, 4.69) is 5.32 Å². The number of ether oxygens (including phenoxy) is 2. The largest absolute Gasteiger partial charge is 0.479 e. The van der Waals surface area contributed by atoms with Crippen LogP contribution in [0.5, 0.6) is 11.5 Å². The number of aliphatic carboxylic acids is 1. The maximum Gasteiger partial charge on any atom is 0.330 e. The van der Waals surface area contributed by atoms with Crippen LogP contribution in [0.25, 0.3) is 0 Å². The lowest BCUT2D eigenvalue weighted by Gasteiger charge is -2.13. The summed E-state index contributed by atoms with van der Waals surface area (Å²) in [5, 5.41) is 11.4. The molecule has 1 heterocycles. The van der Waals surface area contributed by atoms with Gasteiger partial charge in [-0.25, -0.2) is 4.79 Å². The Morgan fingerprint density at radius 3 is 2.71 bits per heavy atom. The van der Waals surface area contributed by atoms with Gasteiger partial charge in [0.15, 0.2) is 17.5 Å². The zero-order chi connectivity index (χ0) is 12.4. The molecule has 1 aromatic carbocycles. The lowest BCUT2D eigenvalue weighted by atomic mass is 10.1. The van der Waals surface area contributed by atoms with Crippen molar-refractivity contribution in [3.05, 3.63) is 23.8 Å². The Bertz CT molecular complexity index is 471. The van der Waals surface area contributed by atoms with Gasteiger partial charge in [0.1, 0.15) is 0 Å². The fraction of sp³-hybridized carbons (Fsp3) is 0.273. The van der Waals surface area contributed by atoms with Crippen molar-refractivity contribution in [3.63, 3.8) is 0 Å². The molecule has 0 saturated heterocycles. The van der Waals surface area contributed by atoms with Crippen LogP contribution in [0.3, 0.4) is 0 Å². The molecule has 0 spiro atoms. The van der Waals surface area contributed by atoms with Gasteiger partial charge in [0.05, 0.1) is 0 Å². The number of amides is 1. The molecule has 1 atom stereocenters. The minimum Gasteiger partial charge on any atom is -0.479 e. The summed E-state index contributed by atoms with van der Waals surface area (Å²) in [6.07, 6.45) is 0. The summed E-state index contributed by atoms with van der Waals surface area (Å²) in [4.78, 5) is 22.0. The van der Waals surface area contributed by atoms with Crippen LogP contribution in [0.4, 0.5) is 0 Å². The number of rotatable bonds is 3. The van der Waals surface area contributed by atoms with Crippen molar-refractivity contribution < 1.29 is 24.2 Å². The third-order valence-electron chi connectivity index (χ3n) is 2.32. The smallest absolute Gasteiger partial charge is 0.330 e. The average Bonchev–Trinajstić information content (AvgIpc) is 2.72. The highest BCUT2D eigenvalue weighted by atomic mass is 16.7. The number of carboxylic acids is 1. The summed E-state index contributed by atoms with van der Waals surface area (Å²) >= 11 is 0. The molecular formula is C11H11NO5. The van der Waals surface area contributed by atoms with E-state index in [1.54, 1.807) is 18.2 Å². The molecule has 0 radical (unpaired) electrons. The van der Waals surface area contributed by atoms with Gasteiger partial charge in [-0.2, -0.15) is 0 Å². The molecule has 1 amide bonds. The molecular weight excluding hydrogens is 226 g/mol. The molecule has 0 bridgehead atoms. The van der Waals surface area contributed by atoms with Gasteiger partial charge in [-0.1, -0.05) is 6.07 Å². The molecule has 2 rings (SSSR count). The number of fused-ring (bicyclic) bond motifs is 1. The highest BCUT2D eigenvalue weighted by Crippen LogP contribution is 2.34. The van der Waals surface area contributed by atoms with Gasteiger partial charge in [0.2, 0.25) is 12.7 Å². The molecule has 6 heteroatoms. The predicted octanol–water partition coefficient (Wildman–Crippen LogP) is 0.677. The standard InChI is InChI=1S/C11H11NO5/c1-6(13)12-10(11(14)15)7-2-3-8-9(4-7)17-5-16-8/h2-4,10H,5H2,1H3,(H,12,13)(H,14,15)/t10-/m1/s1. The lowest BCUT2D eigenvalue weighted by molar-refractivity contribution is -0.141. The van der Waals surface area contributed by atoms with Gasteiger partial charge in [0.25, 0.3) is 0 Å².